The van der Waals surface area contributed by atoms with Gasteiger partial charge in [-0.1, -0.05) is 71.7 Å². The Kier molecular flexibility index (Phi) is 11.8. The van der Waals surface area contributed by atoms with Gasteiger partial charge in [-0.3, -0.25) is 19.2 Å². The number of nitrogens with zero attached hydrogens (tertiary/aromatic N) is 2. The van der Waals surface area contributed by atoms with Gasteiger partial charge in [0.05, 0.1) is 33.8 Å². The largest absolute Gasteiger partial charge is 0.325 e. The average Bonchev–Trinajstić information content (AvgIpc) is 2.94. The molecule has 0 bridgehead atoms. The highest BCUT2D eigenvalue weighted by molar-refractivity contribution is 6.34. The van der Waals surface area contributed by atoms with Crippen LogP contribution in [0.25, 0.3) is 0 Å². The Bertz CT molecular complexity index is 1300. The van der Waals surface area contributed by atoms with Gasteiger partial charge in [0.1, 0.15) is 0 Å². The molecule has 0 saturated carbocycles. The van der Waals surface area contributed by atoms with E-state index < -0.39 is 11.8 Å². The highest BCUT2D eigenvalue weighted by Crippen LogP contribution is 2.21. The number of hydrazone groups is 2. The molecule has 10 nitrogen and oxygen atoms in total. The molecule has 3 aromatic carbocycles. The summed E-state index contributed by atoms with van der Waals surface area (Å²) in [4.78, 5) is 47.9. The SMILES string of the molecule is O=C(CCC(=O)Nc1ccccc1Cl)NN=Cc1ccc(C=NNC(=O)CCC(=O)Nc2ccccc2Cl)cc1. The normalized spacial score (nSPS) is 10.8. The van der Waals surface area contributed by atoms with Crippen molar-refractivity contribution < 1.29 is 19.2 Å². The van der Waals surface area contributed by atoms with Gasteiger partial charge in [-0.2, -0.15) is 10.2 Å². The lowest BCUT2D eigenvalue weighted by atomic mass is 10.2. The molecule has 0 atom stereocenters. The first-order chi connectivity index (χ1) is 19.3. The molecule has 0 heterocycles. The average molecular weight is 581 g/mol. The molecular weight excluding hydrogens is 555 g/mol. The number of hydrogen-bond donors (Lipinski definition) is 4. The lowest BCUT2D eigenvalue weighted by molar-refractivity contribution is -0.124. The monoisotopic (exact) mass is 580 g/mol. The maximum Gasteiger partial charge on any atom is 0.240 e. The van der Waals surface area contributed by atoms with Gasteiger partial charge in [-0.05, 0) is 35.4 Å². The Morgan fingerprint density at radius 3 is 1.27 bits per heavy atom. The fourth-order valence-electron chi connectivity index (χ4n) is 3.14. The summed E-state index contributed by atoms with van der Waals surface area (Å²) in [5.74, 6) is -1.49. The fourth-order valence-corrected chi connectivity index (χ4v) is 3.51. The Morgan fingerprint density at radius 1 is 0.550 bits per heavy atom. The van der Waals surface area contributed by atoms with Crippen LogP contribution in [0, 0.1) is 0 Å². The summed E-state index contributed by atoms with van der Waals surface area (Å²) in [6.45, 7) is 0. The van der Waals surface area contributed by atoms with Gasteiger partial charge < -0.3 is 10.6 Å². The number of hydrogen-bond acceptors (Lipinski definition) is 6. The van der Waals surface area contributed by atoms with Crippen molar-refractivity contribution in [1.29, 1.82) is 0 Å². The van der Waals surface area contributed by atoms with E-state index in [9.17, 15) is 19.2 Å². The van der Waals surface area contributed by atoms with Gasteiger partial charge in [0.25, 0.3) is 0 Å². The lowest BCUT2D eigenvalue weighted by Gasteiger charge is -2.06. The number of amides is 4. The van der Waals surface area contributed by atoms with Crippen LogP contribution in [0.4, 0.5) is 11.4 Å². The third-order valence-corrected chi connectivity index (χ3v) is 5.86. The second-order valence-electron chi connectivity index (χ2n) is 8.31. The molecular formula is C28H26Cl2N6O4. The Balaban J connectivity index is 1.33. The van der Waals surface area contributed by atoms with Crippen LogP contribution in [-0.4, -0.2) is 36.1 Å². The van der Waals surface area contributed by atoms with Crippen molar-refractivity contribution in [2.24, 2.45) is 10.2 Å². The minimum atomic E-state index is -0.411. The maximum atomic E-state index is 12.0. The van der Waals surface area contributed by atoms with Crippen molar-refractivity contribution in [3.63, 3.8) is 0 Å². The summed E-state index contributed by atoms with van der Waals surface area (Å²) in [5.41, 5.74) is 7.14. The van der Waals surface area contributed by atoms with Crippen LogP contribution in [0.3, 0.4) is 0 Å². The second-order valence-corrected chi connectivity index (χ2v) is 9.12. The van der Waals surface area contributed by atoms with Crippen LogP contribution in [0.1, 0.15) is 36.8 Å². The number of benzene rings is 3. The quantitative estimate of drug-likeness (QED) is 0.181. The lowest BCUT2D eigenvalue weighted by Crippen LogP contribution is -2.20. The topological polar surface area (TPSA) is 141 Å². The number of carbonyl (C=O) groups is 4. The highest BCUT2D eigenvalue weighted by atomic mass is 35.5. The van der Waals surface area contributed by atoms with E-state index in [4.69, 9.17) is 23.2 Å². The molecule has 0 aromatic heterocycles. The van der Waals surface area contributed by atoms with E-state index in [2.05, 4.69) is 31.7 Å². The second kappa shape index (κ2) is 15.8. The molecule has 4 amide bonds. The molecule has 3 rings (SSSR count). The van der Waals surface area contributed by atoms with E-state index >= 15 is 0 Å². The van der Waals surface area contributed by atoms with Crippen molar-refractivity contribution in [3.8, 4) is 0 Å². The van der Waals surface area contributed by atoms with E-state index in [1.54, 1.807) is 72.8 Å². The van der Waals surface area contributed by atoms with Crippen LogP contribution >= 0.6 is 23.2 Å². The minimum absolute atomic E-state index is 0.0209. The zero-order chi connectivity index (χ0) is 28.7. The molecule has 0 fully saturated rings. The molecule has 4 N–H and O–H groups in total. The molecule has 3 aromatic rings. The maximum absolute atomic E-state index is 12.0. The van der Waals surface area contributed by atoms with Crippen molar-refractivity contribution in [2.75, 3.05) is 10.6 Å². The third kappa shape index (κ3) is 10.7. The molecule has 0 radical (unpaired) electrons. The van der Waals surface area contributed by atoms with Crippen molar-refractivity contribution in [2.45, 2.75) is 25.7 Å². The zero-order valence-electron chi connectivity index (χ0n) is 21.2. The smallest absolute Gasteiger partial charge is 0.240 e. The van der Waals surface area contributed by atoms with E-state index in [1.165, 1.54) is 12.4 Å². The van der Waals surface area contributed by atoms with Crippen molar-refractivity contribution in [3.05, 3.63) is 94.0 Å². The molecule has 206 valence electrons. The molecule has 0 aliphatic carbocycles. The number of anilines is 2. The first kappa shape index (κ1) is 30.0. The van der Waals surface area contributed by atoms with Gasteiger partial charge in [0.2, 0.25) is 23.6 Å². The Hall–Kier alpha value is -4.54. The van der Waals surface area contributed by atoms with E-state index in [-0.39, 0.29) is 37.5 Å². The summed E-state index contributed by atoms with van der Waals surface area (Å²) in [5, 5.41) is 13.9. The van der Waals surface area contributed by atoms with Crippen molar-refractivity contribution in [1.82, 2.24) is 10.9 Å². The summed E-state index contributed by atoms with van der Waals surface area (Å²) in [6, 6.07) is 20.6. The predicted octanol–water partition coefficient (Wildman–Crippen LogP) is 4.73. The predicted molar refractivity (Wildman–Crippen MR) is 157 cm³/mol. The van der Waals surface area contributed by atoms with Crippen LogP contribution < -0.4 is 21.5 Å². The van der Waals surface area contributed by atoms with Gasteiger partial charge in [0.15, 0.2) is 0 Å². The van der Waals surface area contributed by atoms with Gasteiger partial charge >= 0.3 is 0 Å². The van der Waals surface area contributed by atoms with Crippen LogP contribution in [0.2, 0.25) is 10.0 Å². The molecule has 12 heteroatoms. The van der Waals surface area contributed by atoms with Gasteiger partial charge in [-0.15, -0.1) is 0 Å². The fraction of sp³-hybridized carbons (Fsp3) is 0.143. The summed E-state index contributed by atoms with van der Waals surface area (Å²) >= 11 is 12.0. The third-order valence-electron chi connectivity index (χ3n) is 5.20. The number of rotatable bonds is 12. The standard InChI is InChI=1S/C28H26Cl2N6O4/c29-21-5-1-3-7-23(21)33-25(37)13-15-27(39)35-31-17-19-9-11-20(12-10-19)18-32-36-28(40)16-14-26(38)34-24-8-4-2-6-22(24)30/h1-12,17-18H,13-16H2,(H,33,37)(H,34,38)(H,35,39)(H,36,40). The van der Waals surface area contributed by atoms with E-state index in [0.29, 0.717) is 32.5 Å². The van der Waals surface area contributed by atoms with Crippen LogP contribution in [-0.2, 0) is 19.2 Å². The summed E-state index contributed by atoms with van der Waals surface area (Å²) in [6.07, 6.45) is 2.79. The Labute approximate surface area is 240 Å². The first-order valence-electron chi connectivity index (χ1n) is 12.1. The minimum Gasteiger partial charge on any atom is -0.325 e. The number of nitrogens with one attached hydrogen (secondary N) is 4. The van der Waals surface area contributed by atoms with Gasteiger partial charge in [0, 0.05) is 25.7 Å². The molecule has 0 unspecified atom stereocenters. The number of carbonyl (C=O) groups excluding carboxylic acids is 4. The molecule has 0 aliphatic rings. The van der Waals surface area contributed by atoms with Crippen LogP contribution in [0.15, 0.2) is 83.0 Å². The molecule has 0 aliphatic heterocycles. The first-order valence-corrected chi connectivity index (χ1v) is 12.9. The molecule has 0 saturated heterocycles. The van der Waals surface area contributed by atoms with E-state index in [1.807, 2.05) is 0 Å². The van der Waals surface area contributed by atoms with Crippen molar-refractivity contribution >= 4 is 70.6 Å². The number of halogens is 2. The Morgan fingerprint density at radius 2 is 0.900 bits per heavy atom. The zero-order valence-corrected chi connectivity index (χ0v) is 22.7. The molecule has 40 heavy (non-hydrogen) atoms. The highest BCUT2D eigenvalue weighted by Gasteiger charge is 2.09. The summed E-state index contributed by atoms with van der Waals surface area (Å²) in [7, 11) is 0. The van der Waals surface area contributed by atoms with Gasteiger partial charge in [-0.25, -0.2) is 10.9 Å². The number of para-hydroxylation sites is 2. The summed E-state index contributed by atoms with van der Waals surface area (Å²) < 4.78 is 0. The van der Waals surface area contributed by atoms with Crippen LogP contribution in [0.5, 0.6) is 0 Å². The van der Waals surface area contributed by atoms with E-state index in [0.717, 1.165) is 0 Å². The molecule has 0 spiro atoms.